The molecule has 0 spiro atoms. The minimum Gasteiger partial charge on any atom is -0.469 e. The third-order valence-corrected chi connectivity index (χ3v) is 4.56. The van der Waals surface area contributed by atoms with Crippen molar-refractivity contribution in [2.24, 2.45) is 5.92 Å². The number of hydrogen-bond acceptors (Lipinski definition) is 4. The molecule has 0 saturated carbocycles. The van der Waals surface area contributed by atoms with Crippen LogP contribution in [0.2, 0.25) is 0 Å². The Morgan fingerprint density at radius 3 is 2.54 bits per heavy atom. The van der Waals surface area contributed by atoms with Crippen LogP contribution in [0.25, 0.3) is 0 Å². The number of halogens is 1. The fraction of sp³-hybridized carbons (Fsp3) is 0.333. The molecular weight excluding hydrogens is 329 g/mol. The van der Waals surface area contributed by atoms with Crippen LogP contribution in [0.3, 0.4) is 0 Å². The second kappa shape index (κ2) is 8.59. The highest BCUT2D eigenvalue weighted by Crippen LogP contribution is 2.15. The molecule has 0 saturated heterocycles. The van der Waals surface area contributed by atoms with Crippen molar-refractivity contribution >= 4 is 23.2 Å². The van der Waals surface area contributed by atoms with E-state index in [2.05, 4.69) is 0 Å². The molecule has 4 nitrogen and oxygen atoms in total. The van der Waals surface area contributed by atoms with E-state index in [1.807, 2.05) is 11.4 Å². The molecule has 1 amide bonds. The number of thiophene rings is 1. The Kier molecular flexibility index (Phi) is 6.49. The Labute approximate surface area is 144 Å². The van der Waals surface area contributed by atoms with E-state index in [1.54, 1.807) is 30.0 Å². The molecule has 0 fully saturated rings. The maximum atomic E-state index is 13.0. The predicted octanol–water partition coefficient (Wildman–Crippen LogP) is 3.38. The van der Waals surface area contributed by atoms with Crippen LogP contribution in [0.5, 0.6) is 0 Å². The predicted molar refractivity (Wildman–Crippen MR) is 91.5 cm³/mol. The number of methoxy groups -OCH3 is 1. The third kappa shape index (κ3) is 4.89. The zero-order valence-corrected chi connectivity index (χ0v) is 14.5. The molecule has 1 heterocycles. The molecule has 2 rings (SSSR count). The quantitative estimate of drug-likeness (QED) is 0.720. The van der Waals surface area contributed by atoms with Crippen molar-refractivity contribution in [1.82, 2.24) is 4.90 Å². The van der Waals surface area contributed by atoms with Gasteiger partial charge < -0.3 is 9.64 Å². The first kappa shape index (κ1) is 18.1. The van der Waals surface area contributed by atoms with Crippen molar-refractivity contribution < 1.29 is 18.7 Å². The molecule has 0 N–H and O–H groups in total. The van der Waals surface area contributed by atoms with Gasteiger partial charge in [0.25, 0.3) is 5.91 Å². The van der Waals surface area contributed by atoms with E-state index in [1.165, 1.54) is 30.6 Å². The number of hydrogen-bond donors (Lipinski definition) is 0. The van der Waals surface area contributed by atoms with Crippen molar-refractivity contribution in [2.75, 3.05) is 20.2 Å². The summed E-state index contributed by atoms with van der Waals surface area (Å²) in [5, 5.41) is 1.84. The maximum Gasteiger partial charge on any atom is 0.310 e. The molecule has 0 aliphatic rings. The van der Waals surface area contributed by atoms with E-state index in [0.717, 1.165) is 5.56 Å². The minimum atomic E-state index is -0.410. The van der Waals surface area contributed by atoms with Gasteiger partial charge in [-0.15, -0.1) is 11.3 Å². The summed E-state index contributed by atoms with van der Waals surface area (Å²) in [5.74, 6) is -1.15. The molecular formula is C18H20FNO3S. The molecule has 6 heteroatoms. The number of ether oxygens (including phenoxy) is 1. The second-order valence-electron chi connectivity index (χ2n) is 5.53. The number of esters is 1. The summed E-state index contributed by atoms with van der Waals surface area (Å²) >= 11 is 1.37. The Balaban J connectivity index is 2.08. The van der Waals surface area contributed by atoms with Crippen LogP contribution < -0.4 is 0 Å². The highest BCUT2D eigenvalue weighted by atomic mass is 32.1. The molecule has 1 aromatic heterocycles. The summed E-state index contributed by atoms with van der Waals surface area (Å²) in [7, 11) is 1.34. The first-order chi connectivity index (χ1) is 11.5. The third-order valence-electron chi connectivity index (χ3n) is 3.70. The number of benzene rings is 1. The van der Waals surface area contributed by atoms with Crippen LogP contribution in [-0.4, -0.2) is 37.0 Å². The highest BCUT2D eigenvalue weighted by molar-refractivity contribution is 7.12. The summed E-state index contributed by atoms with van der Waals surface area (Å²) in [5.41, 5.74) is 0.936. The van der Waals surface area contributed by atoms with Crippen molar-refractivity contribution in [1.29, 1.82) is 0 Å². The average Bonchev–Trinajstić information content (AvgIpc) is 3.13. The number of nitrogens with zero attached hydrogens (tertiary/aromatic N) is 1. The topological polar surface area (TPSA) is 46.6 Å². The monoisotopic (exact) mass is 349 g/mol. The summed E-state index contributed by atoms with van der Waals surface area (Å²) < 4.78 is 17.7. The Hall–Kier alpha value is -2.21. The zero-order valence-electron chi connectivity index (χ0n) is 13.7. The van der Waals surface area contributed by atoms with Crippen molar-refractivity contribution in [3.63, 3.8) is 0 Å². The van der Waals surface area contributed by atoms with Crippen LogP contribution in [-0.2, 0) is 16.0 Å². The SMILES string of the molecule is COC(=O)C(C)CN(CCc1ccc(F)cc1)C(=O)c1cccs1. The number of amides is 1. The number of rotatable bonds is 7. The Bertz CT molecular complexity index is 670. The van der Waals surface area contributed by atoms with Gasteiger partial charge in [-0.2, -0.15) is 0 Å². The van der Waals surface area contributed by atoms with Crippen LogP contribution in [0, 0.1) is 11.7 Å². The summed E-state index contributed by atoms with van der Waals surface area (Å²) in [4.78, 5) is 26.6. The number of carbonyl (C=O) groups is 2. The summed E-state index contributed by atoms with van der Waals surface area (Å²) in [6, 6.07) is 9.79. The lowest BCUT2D eigenvalue weighted by molar-refractivity contribution is -0.145. The van der Waals surface area contributed by atoms with Crippen LogP contribution >= 0.6 is 11.3 Å². The van der Waals surface area contributed by atoms with Gasteiger partial charge in [0.05, 0.1) is 17.9 Å². The lowest BCUT2D eigenvalue weighted by Crippen LogP contribution is -2.38. The first-order valence-electron chi connectivity index (χ1n) is 7.66. The largest absolute Gasteiger partial charge is 0.469 e. The maximum absolute atomic E-state index is 13.0. The van der Waals surface area contributed by atoms with Gasteiger partial charge in [-0.3, -0.25) is 9.59 Å². The van der Waals surface area contributed by atoms with Gasteiger partial charge in [0, 0.05) is 13.1 Å². The van der Waals surface area contributed by atoms with E-state index < -0.39 is 5.92 Å². The van der Waals surface area contributed by atoms with Gasteiger partial charge in [0.1, 0.15) is 5.82 Å². The van der Waals surface area contributed by atoms with Crippen LogP contribution in [0.15, 0.2) is 41.8 Å². The van der Waals surface area contributed by atoms with E-state index in [9.17, 15) is 14.0 Å². The molecule has 24 heavy (non-hydrogen) atoms. The normalized spacial score (nSPS) is 11.8. The molecule has 1 atom stereocenters. The van der Waals surface area contributed by atoms with Gasteiger partial charge >= 0.3 is 5.97 Å². The molecule has 0 aliphatic carbocycles. The molecule has 128 valence electrons. The van der Waals surface area contributed by atoms with E-state index in [4.69, 9.17) is 4.74 Å². The zero-order chi connectivity index (χ0) is 17.5. The molecule has 1 unspecified atom stereocenters. The molecule has 2 aromatic rings. The lowest BCUT2D eigenvalue weighted by atomic mass is 10.1. The van der Waals surface area contributed by atoms with Crippen LogP contribution in [0.4, 0.5) is 4.39 Å². The van der Waals surface area contributed by atoms with Crippen molar-refractivity contribution in [3.8, 4) is 0 Å². The first-order valence-corrected chi connectivity index (χ1v) is 8.54. The molecule has 0 bridgehead atoms. The fourth-order valence-corrected chi connectivity index (χ4v) is 3.04. The smallest absolute Gasteiger partial charge is 0.310 e. The number of carbonyl (C=O) groups excluding carboxylic acids is 2. The molecule has 0 aliphatic heterocycles. The van der Waals surface area contributed by atoms with E-state index >= 15 is 0 Å². The van der Waals surface area contributed by atoms with Gasteiger partial charge in [0.2, 0.25) is 0 Å². The average molecular weight is 349 g/mol. The van der Waals surface area contributed by atoms with Gasteiger partial charge in [-0.25, -0.2) is 4.39 Å². The Morgan fingerprint density at radius 1 is 1.25 bits per heavy atom. The van der Waals surface area contributed by atoms with Gasteiger partial charge in [0.15, 0.2) is 0 Å². The molecule has 1 aromatic carbocycles. The Morgan fingerprint density at radius 2 is 1.96 bits per heavy atom. The highest BCUT2D eigenvalue weighted by Gasteiger charge is 2.23. The lowest BCUT2D eigenvalue weighted by Gasteiger charge is -2.24. The minimum absolute atomic E-state index is 0.108. The van der Waals surface area contributed by atoms with E-state index in [-0.39, 0.29) is 24.2 Å². The van der Waals surface area contributed by atoms with Crippen LogP contribution in [0.1, 0.15) is 22.2 Å². The second-order valence-corrected chi connectivity index (χ2v) is 6.48. The van der Waals surface area contributed by atoms with E-state index in [0.29, 0.717) is 17.8 Å². The van der Waals surface area contributed by atoms with Gasteiger partial charge in [-0.05, 0) is 35.6 Å². The van der Waals surface area contributed by atoms with Gasteiger partial charge in [-0.1, -0.05) is 25.1 Å². The fourth-order valence-electron chi connectivity index (χ4n) is 2.35. The molecule has 0 radical (unpaired) electrons. The standard InChI is InChI=1S/C18H20FNO3S/c1-13(18(22)23-2)12-20(17(21)16-4-3-11-24-16)10-9-14-5-7-15(19)8-6-14/h3-8,11,13H,9-10,12H2,1-2H3. The summed E-state index contributed by atoms with van der Waals surface area (Å²) in [6.45, 7) is 2.47. The van der Waals surface area contributed by atoms with Crippen molar-refractivity contribution in [3.05, 3.63) is 58.0 Å². The van der Waals surface area contributed by atoms with Crippen molar-refractivity contribution in [2.45, 2.75) is 13.3 Å². The summed E-state index contributed by atoms with van der Waals surface area (Å²) in [6.07, 6.45) is 0.589.